The second kappa shape index (κ2) is 11.3. The Morgan fingerprint density at radius 3 is 2.34 bits per heavy atom. The molecule has 3 fully saturated rings. The summed E-state index contributed by atoms with van der Waals surface area (Å²) in [5, 5.41) is 5.34. The van der Waals surface area contributed by atoms with Crippen molar-refractivity contribution in [3.8, 4) is 0 Å². The van der Waals surface area contributed by atoms with Gasteiger partial charge in [0.15, 0.2) is 0 Å². The van der Waals surface area contributed by atoms with Crippen LogP contribution >= 0.6 is 0 Å². The number of carbonyl (C=O) groups excluding carboxylic acids is 4. The molecule has 0 radical (unpaired) electrons. The normalized spacial score (nSPS) is 31.9. The van der Waals surface area contributed by atoms with Gasteiger partial charge in [0, 0.05) is 19.4 Å². The minimum atomic E-state index is -2.91. The molecule has 0 bridgehead atoms. The quantitative estimate of drug-likeness (QED) is 0.513. The first kappa shape index (κ1) is 30.1. The topological polar surface area (TPSA) is 114 Å². The van der Waals surface area contributed by atoms with Crippen molar-refractivity contribution in [3.05, 3.63) is 0 Å². The standard InChI is InChI=1S/C27H43F2N3O6/c1-25(2,3)38-24(36)31-17-12-10-14-27(28,29)13-9-7-8-11-18(23(35)37-6)30-21(33)20-19-16(26(19,4)5)15-32(20)22(17)34/h16-20H,7-15H2,1-6H3,(H,30,33)(H,31,36)/t16-,17-,18-,19-,20-/m0/s1. The van der Waals surface area contributed by atoms with Gasteiger partial charge in [0.25, 0.3) is 0 Å². The summed E-state index contributed by atoms with van der Waals surface area (Å²) in [6.07, 6.45) is -0.0710. The molecule has 3 rings (SSSR count). The van der Waals surface area contributed by atoms with Gasteiger partial charge in [-0.1, -0.05) is 26.7 Å². The lowest BCUT2D eigenvalue weighted by molar-refractivity contribution is -0.147. The molecule has 0 aromatic carbocycles. The van der Waals surface area contributed by atoms with E-state index in [0.29, 0.717) is 19.4 Å². The molecule has 0 aromatic heterocycles. The highest BCUT2D eigenvalue weighted by molar-refractivity contribution is 5.94. The second-order valence-electron chi connectivity index (χ2n) is 12.5. The molecule has 5 atom stereocenters. The minimum Gasteiger partial charge on any atom is -0.467 e. The first-order chi connectivity index (χ1) is 17.6. The average molecular weight is 544 g/mol. The van der Waals surface area contributed by atoms with Crippen LogP contribution in [0.2, 0.25) is 0 Å². The molecule has 3 amide bonds. The smallest absolute Gasteiger partial charge is 0.408 e. The van der Waals surface area contributed by atoms with Crippen LogP contribution < -0.4 is 10.6 Å². The summed E-state index contributed by atoms with van der Waals surface area (Å²) in [6, 6.07) is -2.90. The van der Waals surface area contributed by atoms with Gasteiger partial charge in [-0.3, -0.25) is 9.59 Å². The van der Waals surface area contributed by atoms with Gasteiger partial charge < -0.3 is 25.0 Å². The molecule has 11 heteroatoms. The van der Waals surface area contributed by atoms with Crippen molar-refractivity contribution < 1.29 is 37.4 Å². The number of alkyl carbamates (subject to hydrolysis) is 1. The lowest BCUT2D eigenvalue weighted by atomic mass is 9.97. The van der Waals surface area contributed by atoms with Crippen LogP contribution in [0.15, 0.2) is 0 Å². The van der Waals surface area contributed by atoms with E-state index in [-0.39, 0.29) is 49.4 Å². The highest BCUT2D eigenvalue weighted by Crippen LogP contribution is 2.65. The minimum absolute atomic E-state index is 0.0119. The Morgan fingerprint density at radius 2 is 1.71 bits per heavy atom. The van der Waals surface area contributed by atoms with E-state index in [1.54, 1.807) is 20.8 Å². The van der Waals surface area contributed by atoms with Gasteiger partial charge in [-0.25, -0.2) is 18.4 Å². The molecular formula is C27H43F2N3O6. The SMILES string of the molecule is COC(=O)[C@@H]1CCCCCC(F)(F)CCC[C@H](NC(=O)OC(C)(C)C)C(=O)N2C[C@H]3[C@@H]([C@H]2C(=O)N1)C3(C)C. The Labute approximate surface area is 223 Å². The number of nitrogens with one attached hydrogen (secondary N) is 2. The van der Waals surface area contributed by atoms with Gasteiger partial charge in [-0.05, 0) is 63.7 Å². The first-order valence-corrected chi connectivity index (χ1v) is 13.6. The highest BCUT2D eigenvalue weighted by Gasteiger charge is 2.69. The van der Waals surface area contributed by atoms with Gasteiger partial charge in [0.2, 0.25) is 17.7 Å². The third kappa shape index (κ3) is 7.14. The van der Waals surface area contributed by atoms with Gasteiger partial charge in [-0.2, -0.15) is 0 Å². The van der Waals surface area contributed by atoms with E-state index in [2.05, 4.69) is 10.6 Å². The summed E-state index contributed by atoms with van der Waals surface area (Å²) in [4.78, 5) is 53.8. The number of alkyl halides is 2. The van der Waals surface area contributed by atoms with Crippen LogP contribution in [-0.4, -0.2) is 72.1 Å². The number of hydrogen-bond donors (Lipinski definition) is 2. The fourth-order valence-corrected chi connectivity index (χ4v) is 5.97. The van der Waals surface area contributed by atoms with Crippen molar-refractivity contribution in [2.24, 2.45) is 17.3 Å². The zero-order valence-corrected chi connectivity index (χ0v) is 23.4. The Hall–Kier alpha value is -2.46. The molecule has 2 aliphatic heterocycles. The fourth-order valence-electron chi connectivity index (χ4n) is 5.97. The van der Waals surface area contributed by atoms with Crippen molar-refractivity contribution in [1.82, 2.24) is 15.5 Å². The molecule has 0 spiro atoms. The Balaban J connectivity index is 1.89. The summed E-state index contributed by atoms with van der Waals surface area (Å²) >= 11 is 0. The Bertz CT molecular complexity index is 919. The number of halogens is 2. The Morgan fingerprint density at radius 1 is 1.05 bits per heavy atom. The van der Waals surface area contributed by atoms with Crippen molar-refractivity contribution >= 4 is 23.9 Å². The zero-order valence-electron chi connectivity index (χ0n) is 23.4. The van der Waals surface area contributed by atoms with E-state index in [0.717, 1.165) is 0 Å². The van der Waals surface area contributed by atoms with Gasteiger partial charge in [-0.15, -0.1) is 0 Å². The maximum absolute atomic E-state index is 14.6. The van der Waals surface area contributed by atoms with Crippen molar-refractivity contribution in [1.29, 1.82) is 0 Å². The highest BCUT2D eigenvalue weighted by atomic mass is 19.3. The van der Waals surface area contributed by atoms with E-state index in [1.165, 1.54) is 12.0 Å². The lowest BCUT2D eigenvalue weighted by Gasteiger charge is -2.34. The van der Waals surface area contributed by atoms with Crippen molar-refractivity contribution in [2.75, 3.05) is 13.7 Å². The predicted octanol–water partition coefficient (Wildman–Crippen LogP) is 3.79. The number of fused-ring (bicyclic) bond motifs is 3. The zero-order chi connectivity index (χ0) is 28.5. The van der Waals surface area contributed by atoms with Crippen molar-refractivity contribution in [3.63, 3.8) is 0 Å². The molecular weight excluding hydrogens is 500 g/mol. The molecule has 0 aromatic rings. The molecule has 0 unspecified atom stereocenters. The van der Waals surface area contributed by atoms with E-state index in [4.69, 9.17) is 9.47 Å². The largest absolute Gasteiger partial charge is 0.467 e. The van der Waals surface area contributed by atoms with Crippen LogP contribution in [0.3, 0.4) is 0 Å². The van der Waals surface area contributed by atoms with E-state index >= 15 is 0 Å². The molecule has 2 saturated heterocycles. The van der Waals surface area contributed by atoms with Crippen molar-refractivity contribution in [2.45, 2.75) is 116 Å². The number of nitrogens with zero attached hydrogens (tertiary/aromatic N) is 1. The van der Waals surface area contributed by atoms with E-state index in [1.807, 2.05) is 13.8 Å². The first-order valence-electron chi connectivity index (χ1n) is 13.6. The predicted molar refractivity (Wildman–Crippen MR) is 135 cm³/mol. The number of carbonyl (C=O) groups is 4. The number of rotatable bonds is 2. The van der Waals surface area contributed by atoms with Crippen LogP contribution in [0, 0.1) is 17.3 Å². The monoisotopic (exact) mass is 543 g/mol. The maximum atomic E-state index is 14.6. The molecule has 1 aliphatic carbocycles. The molecule has 1 saturated carbocycles. The van der Waals surface area contributed by atoms with E-state index in [9.17, 15) is 28.0 Å². The van der Waals surface area contributed by atoms with Crippen LogP contribution in [-0.2, 0) is 23.9 Å². The van der Waals surface area contributed by atoms with E-state index < -0.39 is 59.9 Å². The molecule has 3 aliphatic rings. The Kier molecular flexibility index (Phi) is 8.98. The molecule has 2 heterocycles. The summed E-state index contributed by atoms with van der Waals surface area (Å²) < 4.78 is 39.3. The molecule has 216 valence electrons. The number of methoxy groups -OCH3 is 1. The fraction of sp³-hybridized carbons (Fsp3) is 0.852. The molecule has 2 N–H and O–H groups in total. The number of amides is 3. The summed E-state index contributed by atoms with van der Waals surface area (Å²) in [7, 11) is 1.23. The van der Waals surface area contributed by atoms with Gasteiger partial charge in [0.05, 0.1) is 7.11 Å². The van der Waals surface area contributed by atoms with Gasteiger partial charge >= 0.3 is 12.1 Å². The van der Waals surface area contributed by atoms with Crippen LogP contribution in [0.4, 0.5) is 13.6 Å². The summed E-state index contributed by atoms with van der Waals surface area (Å²) in [6.45, 7) is 9.42. The number of piperidine rings is 1. The number of esters is 1. The van der Waals surface area contributed by atoms with Gasteiger partial charge in [0.1, 0.15) is 23.7 Å². The second-order valence-corrected chi connectivity index (χ2v) is 12.5. The van der Waals surface area contributed by atoms with Crippen LogP contribution in [0.5, 0.6) is 0 Å². The van der Waals surface area contributed by atoms with Crippen LogP contribution in [0.25, 0.3) is 0 Å². The molecule has 9 nitrogen and oxygen atoms in total. The molecule has 38 heavy (non-hydrogen) atoms. The summed E-state index contributed by atoms with van der Waals surface area (Å²) in [5.74, 6) is -4.52. The van der Waals surface area contributed by atoms with Crippen LogP contribution in [0.1, 0.15) is 86.0 Å². The number of ether oxygens (including phenoxy) is 2. The maximum Gasteiger partial charge on any atom is 0.408 e. The third-order valence-electron chi connectivity index (χ3n) is 8.12. The summed E-state index contributed by atoms with van der Waals surface area (Å²) in [5.41, 5.74) is -0.986. The average Bonchev–Trinajstić information content (AvgIpc) is 3.13. The lowest BCUT2D eigenvalue weighted by Crippen LogP contribution is -2.57. The number of hydrogen-bond acceptors (Lipinski definition) is 6. The third-order valence-corrected chi connectivity index (χ3v) is 8.12.